The van der Waals surface area contributed by atoms with E-state index in [2.05, 4.69) is 36.1 Å². The zero-order chi connectivity index (χ0) is 14.2. The number of piperazine rings is 1. The molecular weight excluding hydrogens is 262 g/mol. The molecule has 2 heterocycles. The highest BCUT2D eigenvalue weighted by Crippen LogP contribution is 2.27. The Morgan fingerprint density at radius 2 is 2.00 bits per heavy atom. The molecule has 0 aliphatic carbocycles. The van der Waals surface area contributed by atoms with Gasteiger partial charge in [0.25, 0.3) is 5.91 Å². The second-order valence-corrected chi connectivity index (χ2v) is 6.06. The monoisotopic (exact) mass is 283 g/mol. The predicted molar refractivity (Wildman–Crippen MR) is 78.7 cm³/mol. The van der Waals surface area contributed by atoms with Crippen molar-refractivity contribution in [1.82, 2.24) is 14.8 Å². The van der Waals surface area contributed by atoms with E-state index in [9.17, 15) is 4.79 Å². The second kappa shape index (κ2) is 5.34. The smallest absolute Gasteiger partial charge is 0.267 e. The molecule has 1 saturated heterocycles. The van der Waals surface area contributed by atoms with Gasteiger partial charge in [0.05, 0.1) is 0 Å². The van der Waals surface area contributed by atoms with E-state index in [1.54, 1.807) is 7.05 Å². The van der Waals surface area contributed by atoms with Gasteiger partial charge in [0.1, 0.15) is 10.7 Å². The fourth-order valence-corrected chi connectivity index (χ4v) is 3.11. The lowest BCUT2D eigenvalue weighted by atomic mass is 10.1. The summed E-state index contributed by atoms with van der Waals surface area (Å²) in [5.74, 6) is 0.307. The van der Waals surface area contributed by atoms with Gasteiger partial charge in [-0.25, -0.2) is 4.98 Å². The van der Waals surface area contributed by atoms with Gasteiger partial charge < -0.3 is 16.0 Å². The lowest BCUT2D eigenvalue weighted by Crippen LogP contribution is -2.56. The number of nitrogens with zero attached hydrogens (tertiary/aromatic N) is 3. The van der Waals surface area contributed by atoms with Crippen molar-refractivity contribution < 1.29 is 4.79 Å². The summed E-state index contributed by atoms with van der Waals surface area (Å²) in [4.78, 5) is 21.3. The number of hydrogen-bond donors (Lipinski definition) is 2. The number of carbonyl (C=O) groups excluding carboxylic acids is 1. The van der Waals surface area contributed by atoms with Gasteiger partial charge in [0, 0.05) is 32.2 Å². The minimum atomic E-state index is -0.0108. The average molecular weight is 283 g/mol. The molecule has 0 saturated carbocycles. The molecule has 2 unspecified atom stereocenters. The first kappa shape index (κ1) is 14.1. The van der Waals surface area contributed by atoms with Crippen molar-refractivity contribution in [1.29, 1.82) is 0 Å². The Balaban J connectivity index is 2.17. The van der Waals surface area contributed by atoms with Crippen LogP contribution in [0.2, 0.25) is 0 Å². The largest absolute Gasteiger partial charge is 0.382 e. The number of thiazole rings is 1. The normalized spacial score (nSPS) is 24.5. The number of likely N-dealkylation sites (N-methyl/N-ethyl adjacent to an activating group) is 1. The van der Waals surface area contributed by atoms with Gasteiger partial charge >= 0.3 is 0 Å². The number of nitrogens with one attached hydrogen (secondary N) is 1. The van der Waals surface area contributed by atoms with Gasteiger partial charge in [-0.2, -0.15) is 0 Å². The molecule has 1 fully saturated rings. The highest BCUT2D eigenvalue weighted by Gasteiger charge is 2.31. The van der Waals surface area contributed by atoms with Crippen molar-refractivity contribution in [2.24, 2.45) is 0 Å². The van der Waals surface area contributed by atoms with Gasteiger partial charge in [0.2, 0.25) is 0 Å². The number of hydrogen-bond acceptors (Lipinski definition) is 6. The molecule has 7 heteroatoms. The van der Waals surface area contributed by atoms with E-state index in [1.165, 1.54) is 11.3 Å². The van der Waals surface area contributed by atoms with Crippen molar-refractivity contribution in [3.63, 3.8) is 0 Å². The van der Waals surface area contributed by atoms with Crippen molar-refractivity contribution in [2.75, 3.05) is 38.2 Å². The summed E-state index contributed by atoms with van der Waals surface area (Å²) < 4.78 is 0. The zero-order valence-electron chi connectivity index (χ0n) is 11.8. The molecule has 1 aliphatic heterocycles. The van der Waals surface area contributed by atoms with Gasteiger partial charge in [-0.1, -0.05) is 11.3 Å². The standard InChI is InChI=1S/C12H21N5OS/c1-7-5-17(6-8(2)16(7)4)11(18)9-10(13)15-12(14-3)19-9/h7-8H,5-6,13H2,1-4H3,(H,14,15). The molecule has 106 valence electrons. The van der Waals surface area contributed by atoms with E-state index < -0.39 is 0 Å². The number of rotatable bonds is 2. The van der Waals surface area contributed by atoms with Crippen molar-refractivity contribution >= 4 is 28.2 Å². The number of nitrogens with two attached hydrogens (primary N) is 1. The molecule has 1 aromatic heterocycles. The van der Waals surface area contributed by atoms with Crippen LogP contribution in [-0.4, -0.2) is 60.0 Å². The first-order chi connectivity index (χ1) is 8.93. The van der Waals surface area contributed by atoms with Gasteiger partial charge in [-0.15, -0.1) is 0 Å². The number of carbonyl (C=O) groups is 1. The van der Waals surface area contributed by atoms with Crippen LogP contribution in [0.1, 0.15) is 23.5 Å². The zero-order valence-corrected chi connectivity index (χ0v) is 12.6. The highest BCUT2D eigenvalue weighted by atomic mass is 32.1. The molecule has 2 atom stereocenters. The van der Waals surface area contributed by atoms with Crippen LogP contribution in [0.4, 0.5) is 10.9 Å². The number of nitrogen functional groups attached to an aromatic ring is 1. The predicted octanol–water partition coefficient (Wildman–Crippen LogP) is 0.932. The van der Waals surface area contributed by atoms with Crippen molar-refractivity contribution in [2.45, 2.75) is 25.9 Å². The van der Waals surface area contributed by atoms with Crippen LogP contribution in [0, 0.1) is 0 Å². The highest BCUT2D eigenvalue weighted by molar-refractivity contribution is 7.18. The summed E-state index contributed by atoms with van der Waals surface area (Å²) in [6, 6.07) is 0.705. The summed E-state index contributed by atoms with van der Waals surface area (Å²) >= 11 is 1.31. The Morgan fingerprint density at radius 1 is 1.42 bits per heavy atom. The maximum atomic E-state index is 12.5. The van der Waals surface area contributed by atoms with Gasteiger partial charge in [-0.05, 0) is 20.9 Å². The average Bonchev–Trinajstić information content (AvgIpc) is 2.75. The third kappa shape index (κ3) is 2.66. The summed E-state index contributed by atoms with van der Waals surface area (Å²) in [6.07, 6.45) is 0. The minimum absolute atomic E-state index is 0.0108. The first-order valence-electron chi connectivity index (χ1n) is 6.39. The molecule has 2 rings (SSSR count). The molecule has 0 aromatic carbocycles. The minimum Gasteiger partial charge on any atom is -0.382 e. The van der Waals surface area contributed by atoms with Crippen molar-refractivity contribution in [3.05, 3.63) is 4.88 Å². The molecule has 1 aromatic rings. The second-order valence-electron chi connectivity index (χ2n) is 5.06. The Hall–Kier alpha value is -1.34. The molecule has 6 nitrogen and oxygen atoms in total. The molecule has 0 bridgehead atoms. The van der Waals surface area contributed by atoms with Crippen LogP contribution in [0.3, 0.4) is 0 Å². The first-order valence-corrected chi connectivity index (χ1v) is 7.21. The van der Waals surface area contributed by atoms with Crippen LogP contribution in [-0.2, 0) is 0 Å². The molecule has 3 N–H and O–H groups in total. The molecule has 19 heavy (non-hydrogen) atoms. The number of aromatic nitrogens is 1. The third-order valence-corrected chi connectivity index (χ3v) is 4.79. The maximum Gasteiger partial charge on any atom is 0.267 e. The van der Waals surface area contributed by atoms with E-state index >= 15 is 0 Å². The molecule has 1 aliphatic rings. The lowest BCUT2D eigenvalue weighted by Gasteiger charge is -2.42. The van der Waals surface area contributed by atoms with Crippen LogP contribution in [0.15, 0.2) is 0 Å². The SMILES string of the molecule is CNc1nc(N)c(C(=O)N2CC(C)N(C)C(C)C2)s1. The van der Waals surface area contributed by atoms with Gasteiger partial charge in [0.15, 0.2) is 5.13 Å². The maximum absolute atomic E-state index is 12.5. The van der Waals surface area contributed by atoms with E-state index in [1.807, 2.05) is 4.90 Å². The topological polar surface area (TPSA) is 74.5 Å². The van der Waals surface area contributed by atoms with E-state index in [0.29, 0.717) is 27.9 Å². The van der Waals surface area contributed by atoms with E-state index in [-0.39, 0.29) is 5.91 Å². The summed E-state index contributed by atoms with van der Waals surface area (Å²) in [5, 5.41) is 3.60. The molecule has 1 amide bonds. The Labute approximate surface area is 117 Å². The Bertz CT molecular complexity index is 463. The molecule has 0 spiro atoms. The number of amides is 1. The van der Waals surface area contributed by atoms with E-state index in [0.717, 1.165) is 13.1 Å². The molecule has 0 radical (unpaired) electrons. The summed E-state index contributed by atoms with van der Waals surface area (Å²) in [6.45, 7) is 5.72. The van der Waals surface area contributed by atoms with Gasteiger partial charge in [-0.3, -0.25) is 9.69 Å². The Morgan fingerprint density at radius 3 is 2.47 bits per heavy atom. The van der Waals surface area contributed by atoms with Crippen LogP contribution < -0.4 is 11.1 Å². The summed E-state index contributed by atoms with van der Waals surface area (Å²) in [7, 11) is 3.86. The third-order valence-electron chi connectivity index (χ3n) is 3.71. The summed E-state index contributed by atoms with van der Waals surface area (Å²) in [5.41, 5.74) is 5.82. The van der Waals surface area contributed by atoms with Crippen molar-refractivity contribution in [3.8, 4) is 0 Å². The fraction of sp³-hybridized carbons (Fsp3) is 0.667. The van der Waals surface area contributed by atoms with Crippen LogP contribution in [0.5, 0.6) is 0 Å². The molecular formula is C12H21N5OS. The number of anilines is 2. The lowest BCUT2D eigenvalue weighted by molar-refractivity contribution is 0.0419. The fourth-order valence-electron chi connectivity index (χ4n) is 2.31. The van der Waals surface area contributed by atoms with Crippen LogP contribution >= 0.6 is 11.3 Å². The van der Waals surface area contributed by atoms with E-state index in [4.69, 9.17) is 5.73 Å². The Kier molecular flexibility index (Phi) is 3.96. The van der Waals surface area contributed by atoms with Crippen LogP contribution in [0.25, 0.3) is 0 Å². The quantitative estimate of drug-likeness (QED) is 0.844.